The average Bonchev–Trinajstić information content (AvgIpc) is 2.85. The van der Waals surface area contributed by atoms with Crippen LogP contribution in [0.25, 0.3) is 0 Å². The van der Waals surface area contributed by atoms with E-state index in [1.807, 2.05) is 36.1 Å². The van der Waals surface area contributed by atoms with E-state index in [4.69, 9.17) is 4.74 Å². The summed E-state index contributed by atoms with van der Waals surface area (Å²) >= 11 is 0. The Labute approximate surface area is 109 Å². The van der Waals surface area contributed by atoms with Crippen molar-refractivity contribution in [2.45, 2.75) is 33.2 Å². The van der Waals surface area contributed by atoms with Gasteiger partial charge in [0.1, 0.15) is 0 Å². The van der Waals surface area contributed by atoms with Crippen molar-refractivity contribution in [2.75, 3.05) is 18.1 Å². The second-order valence-corrected chi connectivity index (χ2v) is 5.15. The molecule has 1 aromatic carbocycles. The van der Waals surface area contributed by atoms with Gasteiger partial charge in [-0.05, 0) is 38.8 Å². The summed E-state index contributed by atoms with van der Waals surface area (Å²) in [5, 5.41) is 0. The summed E-state index contributed by atoms with van der Waals surface area (Å²) in [6.45, 7) is 7.42. The van der Waals surface area contributed by atoms with Gasteiger partial charge in [-0.25, -0.2) is 0 Å². The highest BCUT2D eigenvalue weighted by atomic mass is 16.5. The molecule has 0 unspecified atom stereocenters. The topological polar surface area (TPSA) is 29.5 Å². The molecular formula is C15H21NO2. The van der Waals surface area contributed by atoms with E-state index >= 15 is 0 Å². The van der Waals surface area contributed by atoms with E-state index in [1.165, 1.54) is 0 Å². The molecule has 1 aliphatic rings. The van der Waals surface area contributed by atoms with E-state index < -0.39 is 0 Å². The molecule has 1 amide bonds. The van der Waals surface area contributed by atoms with Gasteiger partial charge in [0.05, 0.1) is 12.5 Å². The lowest BCUT2D eigenvalue weighted by molar-refractivity contribution is -0.122. The number of para-hydroxylation sites is 1. The Morgan fingerprint density at radius 1 is 1.39 bits per heavy atom. The minimum absolute atomic E-state index is 0.0204. The smallest absolute Gasteiger partial charge is 0.232 e. The largest absolute Gasteiger partial charge is 0.381 e. The summed E-state index contributed by atoms with van der Waals surface area (Å²) in [6, 6.07) is 8.21. The summed E-state index contributed by atoms with van der Waals surface area (Å²) in [5.41, 5.74) is 2.16. The number of nitrogens with zero attached hydrogens (tertiary/aromatic N) is 1. The fourth-order valence-corrected chi connectivity index (χ4v) is 2.41. The van der Waals surface area contributed by atoms with Gasteiger partial charge in [-0.15, -0.1) is 0 Å². The van der Waals surface area contributed by atoms with Gasteiger partial charge in [-0.2, -0.15) is 0 Å². The van der Waals surface area contributed by atoms with Crippen LogP contribution in [0.5, 0.6) is 0 Å². The molecule has 1 heterocycles. The summed E-state index contributed by atoms with van der Waals surface area (Å²) in [5.74, 6) is 0.212. The van der Waals surface area contributed by atoms with E-state index in [-0.39, 0.29) is 17.9 Å². The SMILES string of the molecule is Cc1ccccc1N(C(=O)[C@@H]1CCOC1)C(C)C. The molecule has 0 bridgehead atoms. The maximum atomic E-state index is 12.6. The van der Waals surface area contributed by atoms with Gasteiger partial charge in [-0.1, -0.05) is 18.2 Å². The van der Waals surface area contributed by atoms with Crippen molar-refractivity contribution in [3.8, 4) is 0 Å². The third-order valence-corrected chi connectivity index (χ3v) is 3.41. The zero-order valence-electron chi connectivity index (χ0n) is 11.3. The fourth-order valence-electron chi connectivity index (χ4n) is 2.41. The van der Waals surface area contributed by atoms with Gasteiger partial charge in [0, 0.05) is 18.3 Å². The Balaban J connectivity index is 2.28. The van der Waals surface area contributed by atoms with Crippen LogP contribution >= 0.6 is 0 Å². The molecule has 2 rings (SSSR count). The molecule has 1 saturated heterocycles. The first kappa shape index (κ1) is 13.1. The number of rotatable bonds is 3. The minimum Gasteiger partial charge on any atom is -0.381 e. The predicted molar refractivity (Wildman–Crippen MR) is 72.7 cm³/mol. The van der Waals surface area contributed by atoms with Crippen molar-refractivity contribution in [3.05, 3.63) is 29.8 Å². The second-order valence-electron chi connectivity index (χ2n) is 5.15. The normalized spacial score (nSPS) is 19.2. The first-order valence-corrected chi connectivity index (χ1v) is 6.57. The molecule has 3 heteroatoms. The molecule has 18 heavy (non-hydrogen) atoms. The lowest BCUT2D eigenvalue weighted by Crippen LogP contribution is -2.41. The highest BCUT2D eigenvalue weighted by Gasteiger charge is 2.30. The van der Waals surface area contributed by atoms with Crippen molar-refractivity contribution in [2.24, 2.45) is 5.92 Å². The number of amides is 1. The van der Waals surface area contributed by atoms with E-state index in [2.05, 4.69) is 13.8 Å². The number of hydrogen-bond donors (Lipinski definition) is 0. The summed E-state index contributed by atoms with van der Waals surface area (Å²) in [4.78, 5) is 14.5. The molecule has 0 N–H and O–H groups in total. The molecule has 0 spiro atoms. The van der Waals surface area contributed by atoms with Crippen LogP contribution in [0.2, 0.25) is 0 Å². The van der Waals surface area contributed by atoms with Crippen LogP contribution in [-0.2, 0) is 9.53 Å². The minimum atomic E-state index is 0.0204. The van der Waals surface area contributed by atoms with Crippen LogP contribution in [-0.4, -0.2) is 25.2 Å². The summed E-state index contributed by atoms with van der Waals surface area (Å²) in [6.07, 6.45) is 0.841. The van der Waals surface area contributed by atoms with Crippen molar-refractivity contribution < 1.29 is 9.53 Å². The van der Waals surface area contributed by atoms with E-state index in [0.29, 0.717) is 13.2 Å². The maximum absolute atomic E-state index is 12.6. The molecule has 0 saturated carbocycles. The molecule has 1 atom stereocenters. The van der Waals surface area contributed by atoms with Gasteiger partial charge >= 0.3 is 0 Å². The third-order valence-electron chi connectivity index (χ3n) is 3.41. The molecule has 1 aliphatic heterocycles. The quantitative estimate of drug-likeness (QED) is 0.822. The lowest BCUT2D eigenvalue weighted by Gasteiger charge is -2.30. The highest BCUT2D eigenvalue weighted by Crippen LogP contribution is 2.26. The van der Waals surface area contributed by atoms with Gasteiger partial charge < -0.3 is 9.64 Å². The standard InChI is InChI=1S/C15H21NO2/c1-11(2)16(14-7-5-4-6-12(14)3)15(17)13-8-9-18-10-13/h4-7,11,13H,8-10H2,1-3H3/t13-/m1/s1. The first-order chi connectivity index (χ1) is 8.61. The van der Waals surface area contributed by atoms with Gasteiger partial charge in [0.2, 0.25) is 5.91 Å². The van der Waals surface area contributed by atoms with Crippen LogP contribution in [0.1, 0.15) is 25.8 Å². The Morgan fingerprint density at radius 3 is 2.67 bits per heavy atom. The molecular weight excluding hydrogens is 226 g/mol. The van der Waals surface area contributed by atoms with Crippen molar-refractivity contribution in [3.63, 3.8) is 0 Å². The molecule has 0 aromatic heterocycles. The van der Waals surface area contributed by atoms with Crippen LogP contribution in [0.15, 0.2) is 24.3 Å². The van der Waals surface area contributed by atoms with Crippen molar-refractivity contribution in [1.82, 2.24) is 0 Å². The molecule has 0 radical (unpaired) electrons. The Morgan fingerprint density at radius 2 is 2.11 bits per heavy atom. The van der Waals surface area contributed by atoms with Crippen LogP contribution in [0, 0.1) is 12.8 Å². The molecule has 3 nitrogen and oxygen atoms in total. The molecule has 0 aliphatic carbocycles. The van der Waals surface area contributed by atoms with E-state index in [1.54, 1.807) is 0 Å². The molecule has 1 fully saturated rings. The Hall–Kier alpha value is -1.35. The number of hydrogen-bond acceptors (Lipinski definition) is 2. The lowest BCUT2D eigenvalue weighted by atomic mass is 10.0. The molecule has 98 valence electrons. The zero-order valence-corrected chi connectivity index (χ0v) is 11.3. The number of benzene rings is 1. The molecule has 1 aromatic rings. The Bertz CT molecular complexity index is 422. The van der Waals surface area contributed by atoms with Crippen molar-refractivity contribution in [1.29, 1.82) is 0 Å². The van der Waals surface area contributed by atoms with Crippen molar-refractivity contribution >= 4 is 11.6 Å². The number of carbonyl (C=O) groups is 1. The summed E-state index contributed by atoms with van der Waals surface area (Å²) in [7, 11) is 0. The van der Waals surface area contributed by atoms with E-state index in [0.717, 1.165) is 17.7 Å². The monoisotopic (exact) mass is 247 g/mol. The van der Waals surface area contributed by atoms with Gasteiger partial charge in [0.15, 0.2) is 0 Å². The number of anilines is 1. The number of aryl methyl sites for hydroxylation is 1. The number of ether oxygens (including phenoxy) is 1. The average molecular weight is 247 g/mol. The zero-order chi connectivity index (χ0) is 13.1. The second kappa shape index (κ2) is 5.53. The van der Waals surface area contributed by atoms with Crippen LogP contribution in [0.3, 0.4) is 0 Å². The van der Waals surface area contributed by atoms with Crippen LogP contribution in [0.4, 0.5) is 5.69 Å². The predicted octanol–water partition coefficient (Wildman–Crippen LogP) is 2.77. The third kappa shape index (κ3) is 2.56. The Kier molecular flexibility index (Phi) is 4.02. The fraction of sp³-hybridized carbons (Fsp3) is 0.533. The summed E-state index contributed by atoms with van der Waals surface area (Å²) < 4.78 is 5.33. The maximum Gasteiger partial charge on any atom is 0.232 e. The number of carbonyl (C=O) groups excluding carboxylic acids is 1. The first-order valence-electron chi connectivity index (χ1n) is 6.57. The van der Waals surface area contributed by atoms with E-state index in [9.17, 15) is 4.79 Å². The highest BCUT2D eigenvalue weighted by molar-refractivity contribution is 5.96. The van der Waals surface area contributed by atoms with Crippen LogP contribution < -0.4 is 4.90 Å². The van der Waals surface area contributed by atoms with Gasteiger partial charge in [-0.3, -0.25) is 4.79 Å². The van der Waals surface area contributed by atoms with Gasteiger partial charge in [0.25, 0.3) is 0 Å².